The lowest BCUT2D eigenvalue weighted by atomic mass is 9.93. The number of carbonyl (C=O) groups is 2. The highest BCUT2D eigenvalue weighted by Gasteiger charge is 2.53. The number of hydrogen-bond donors (Lipinski definition) is 1. The maximum atomic E-state index is 12.0. The molecule has 3 rings (SSSR count). The molecule has 22 heavy (non-hydrogen) atoms. The van der Waals surface area contributed by atoms with E-state index in [-0.39, 0.29) is 23.8 Å². The summed E-state index contributed by atoms with van der Waals surface area (Å²) in [7, 11) is 0. The van der Waals surface area contributed by atoms with Crippen LogP contribution in [-0.2, 0) is 14.3 Å². The maximum Gasteiger partial charge on any atom is 0.356 e. The lowest BCUT2D eigenvalue weighted by Gasteiger charge is -2.47. The van der Waals surface area contributed by atoms with Crippen molar-refractivity contribution in [1.29, 1.82) is 0 Å². The van der Waals surface area contributed by atoms with Crippen LogP contribution >= 0.6 is 23.1 Å². The summed E-state index contributed by atoms with van der Waals surface area (Å²) in [5.74, 6) is -1.37. The van der Waals surface area contributed by atoms with Gasteiger partial charge in [0, 0.05) is 4.91 Å². The number of hydrogen-bond acceptors (Lipinski definition) is 8. The van der Waals surface area contributed by atoms with E-state index >= 15 is 0 Å². The van der Waals surface area contributed by atoms with Crippen LogP contribution in [0.3, 0.4) is 0 Å². The number of fused-ring (bicyclic) bond motifs is 1. The van der Waals surface area contributed by atoms with Gasteiger partial charge < -0.3 is 9.84 Å². The molecule has 2 unspecified atom stereocenters. The van der Waals surface area contributed by atoms with Gasteiger partial charge in [-0.15, -0.1) is 10.2 Å². The Bertz CT molecular complexity index is 698. The molecule has 1 aromatic rings. The van der Waals surface area contributed by atoms with Crippen LogP contribution in [0.25, 0.3) is 10.4 Å². The van der Waals surface area contributed by atoms with Crippen molar-refractivity contribution in [3.05, 3.63) is 27.4 Å². The van der Waals surface area contributed by atoms with Crippen LogP contribution in [0.1, 0.15) is 0 Å². The standard InChI is InChI=1S/C10H8N6O4S2/c11-15-13-6-4-1-20-5(2-21-10-14-12-3-22-10)7(9(18)19)16(4)8(6)17/h3-4,6H,1-2H2,(H,18,19). The molecular weight excluding hydrogens is 332 g/mol. The van der Waals surface area contributed by atoms with Gasteiger partial charge in [0.2, 0.25) is 5.91 Å². The second kappa shape index (κ2) is 5.83. The highest BCUT2D eigenvalue weighted by atomic mass is 32.2. The third-order valence-electron chi connectivity index (χ3n) is 3.17. The summed E-state index contributed by atoms with van der Waals surface area (Å²) in [6, 6.07) is -1.47. The number of ether oxygens (including phenoxy) is 1. The first-order valence-electron chi connectivity index (χ1n) is 5.99. The smallest absolute Gasteiger partial charge is 0.356 e. The van der Waals surface area contributed by atoms with Gasteiger partial charge in [-0.3, -0.25) is 9.69 Å². The number of carboxylic acids is 1. The number of β-lactam (4-membered cyclic amide) rings is 1. The van der Waals surface area contributed by atoms with Crippen LogP contribution < -0.4 is 0 Å². The predicted molar refractivity (Wildman–Crippen MR) is 74.8 cm³/mol. The van der Waals surface area contributed by atoms with Crippen molar-refractivity contribution in [3.8, 4) is 0 Å². The molecular formula is C10H8N6O4S2. The third-order valence-corrected chi connectivity index (χ3v) is 5.03. The zero-order valence-electron chi connectivity index (χ0n) is 10.8. The van der Waals surface area contributed by atoms with Crippen molar-refractivity contribution < 1.29 is 19.4 Å². The molecule has 0 radical (unpaired) electrons. The summed E-state index contributed by atoms with van der Waals surface area (Å²) in [6.45, 7) is 0.0955. The molecule has 0 saturated carbocycles. The van der Waals surface area contributed by atoms with Gasteiger partial charge in [0.05, 0.1) is 11.8 Å². The fourth-order valence-corrected chi connectivity index (χ4v) is 3.66. The van der Waals surface area contributed by atoms with Crippen molar-refractivity contribution >= 4 is 35.0 Å². The minimum absolute atomic E-state index is 0.0955. The monoisotopic (exact) mass is 340 g/mol. The van der Waals surface area contributed by atoms with Crippen LogP contribution in [-0.4, -0.2) is 56.5 Å². The molecule has 1 aromatic heterocycles. The molecule has 3 heterocycles. The van der Waals surface area contributed by atoms with E-state index in [1.807, 2.05) is 0 Å². The lowest BCUT2D eigenvalue weighted by molar-refractivity contribution is -0.157. The topological polar surface area (TPSA) is 141 Å². The third kappa shape index (κ3) is 2.36. The Morgan fingerprint density at radius 1 is 1.73 bits per heavy atom. The highest BCUT2D eigenvalue weighted by Crippen LogP contribution is 2.36. The second-order valence-corrected chi connectivity index (χ2v) is 6.36. The molecule has 2 aliphatic heterocycles. The summed E-state index contributed by atoms with van der Waals surface area (Å²) in [5.41, 5.74) is 9.79. The van der Waals surface area contributed by atoms with Crippen LogP contribution in [0, 0.1) is 0 Å². The quantitative estimate of drug-likeness (QED) is 0.275. The van der Waals surface area contributed by atoms with E-state index in [4.69, 9.17) is 10.3 Å². The zero-order valence-corrected chi connectivity index (χ0v) is 12.5. The van der Waals surface area contributed by atoms with E-state index in [0.717, 1.165) is 4.90 Å². The number of carbonyl (C=O) groups excluding carboxylic acids is 1. The Balaban J connectivity index is 1.83. The number of azide groups is 1. The zero-order chi connectivity index (χ0) is 15.7. The molecule has 10 nitrogen and oxygen atoms in total. The summed E-state index contributed by atoms with van der Waals surface area (Å²) in [4.78, 5) is 27.1. The summed E-state index contributed by atoms with van der Waals surface area (Å²) in [6.07, 6.45) is 0. The molecule has 12 heteroatoms. The summed E-state index contributed by atoms with van der Waals surface area (Å²) >= 11 is 2.60. The fraction of sp³-hybridized carbons (Fsp3) is 0.400. The Labute approximate surface area is 131 Å². The van der Waals surface area contributed by atoms with E-state index in [2.05, 4.69) is 20.2 Å². The summed E-state index contributed by atoms with van der Waals surface area (Å²) in [5, 5.41) is 20.2. The molecule has 1 saturated heterocycles. The van der Waals surface area contributed by atoms with Gasteiger partial charge in [-0.1, -0.05) is 28.2 Å². The molecule has 1 N–H and O–H groups in total. The van der Waals surface area contributed by atoms with Gasteiger partial charge in [0.1, 0.15) is 23.9 Å². The molecule has 114 valence electrons. The number of nitrogens with zero attached hydrogens (tertiary/aromatic N) is 6. The first kappa shape index (κ1) is 14.6. The fourth-order valence-electron chi connectivity index (χ4n) is 2.23. The molecule has 2 atom stereocenters. The van der Waals surface area contributed by atoms with Crippen molar-refractivity contribution in [2.45, 2.75) is 16.4 Å². The Morgan fingerprint density at radius 2 is 2.55 bits per heavy atom. The van der Waals surface area contributed by atoms with Crippen LogP contribution in [0.4, 0.5) is 0 Å². The average Bonchev–Trinajstić information content (AvgIpc) is 3.02. The Hall–Kier alpha value is -2.30. The van der Waals surface area contributed by atoms with Crippen molar-refractivity contribution in [2.75, 3.05) is 12.4 Å². The Morgan fingerprint density at radius 3 is 3.18 bits per heavy atom. The van der Waals surface area contributed by atoms with Crippen molar-refractivity contribution in [1.82, 2.24) is 15.1 Å². The van der Waals surface area contributed by atoms with Crippen LogP contribution in [0.15, 0.2) is 26.4 Å². The van der Waals surface area contributed by atoms with E-state index in [1.165, 1.54) is 23.1 Å². The first-order chi connectivity index (χ1) is 10.6. The number of thioether (sulfide) groups is 1. The van der Waals surface area contributed by atoms with Gasteiger partial charge in [-0.25, -0.2) is 4.79 Å². The van der Waals surface area contributed by atoms with Gasteiger partial charge in [0.25, 0.3) is 0 Å². The minimum Gasteiger partial charge on any atom is -0.492 e. The molecule has 0 aliphatic carbocycles. The molecule has 1 fully saturated rings. The van der Waals surface area contributed by atoms with Crippen molar-refractivity contribution in [3.63, 3.8) is 0 Å². The molecule has 2 aliphatic rings. The first-order valence-corrected chi connectivity index (χ1v) is 7.85. The lowest BCUT2D eigenvalue weighted by Crippen LogP contribution is -2.67. The van der Waals surface area contributed by atoms with Gasteiger partial charge in [-0.2, -0.15) is 0 Å². The number of aromatic nitrogens is 2. The molecule has 0 bridgehead atoms. The summed E-state index contributed by atoms with van der Waals surface area (Å²) < 4.78 is 6.14. The van der Waals surface area contributed by atoms with Crippen LogP contribution in [0.2, 0.25) is 0 Å². The van der Waals surface area contributed by atoms with Crippen LogP contribution in [0.5, 0.6) is 0 Å². The predicted octanol–water partition coefficient (Wildman–Crippen LogP) is 0.846. The van der Waals surface area contributed by atoms with Gasteiger partial charge >= 0.3 is 5.97 Å². The van der Waals surface area contributed by atoms with Gasteiger partial charge in [-0.05, 0) is 5.53 Å². The van der Waals surface area contributed by atoms with E-state index in [9.17, 15) is 14.7 Å². The second-order valence-electron chi connectivity index (χ2n) is 4.31. The average molecular weight is 340 g/mol. The minimum atomic E-state index is -1.26. The maximum absolute atomic E-state index is 12.0. The number of amides is 1. The Kier molecular flexibility index (Phi) is 3.88. The number of aliphatic carboxylic acids is 1. The molecule has 1 amide bonds. The molecule has 0 aromatic carbocycles. The number of carboxylic acid groups (broad SMARTS) is 1. The van der Waals surface area contributed by atoms with Gasteiger partial charge in [0.15, 0.2) is 10.0 Å². The van der Waals surface area contributed by atoms with E-state index in [1.54, 1.807) is 5.51 Å². The normalized spacial score (nSPS) is 23.3. The largest absolute Gasteiger partial charge is 0.492 e. The van der Waals surface area contributed by atoms with E-state index in [0.29, 0.717) is 4.34 Å². The SMILES string of the molecule is [N-]=[N+]=NC1C(=O)N2C(C(=O)O)=C(CSc3nncs3)OCC12. The number of rotatable bonds is 5. The van der Waals surface area contributed by atoms with Crippen molar-refractivity contribution in [2.24, 2.45) is 5.11 Å². The molecule has 0 spiro atoms. The van der Waals surface area contributed by atoms with E-state index < -0.39 is 24.0 Å². The highest BCUT2D eigenvalue weighted by molar-refractivity contribution is 8.01.